The zero-order valence-electron chi connectivity index (χ0n) is 9.85. The number of aryl methyl sites for hydroxylation is 1. The Balaban J connectivity index is 2.94. The standard InChI is InChI=1S/C11H15ClN2O4/c1-7-2-8(3-9(12)13-7)10(18)14-11(4-15,5-16)6-17/h2-3,15-17H,4-6H2,1H3,(H,14,18). The van der Waals surface area contributed by atoms with Crippen molar-refractivity contribution < 1.29 is 20.1 Å². The van der Waals surface area contributed by atoms with E-state index >= 15 is 0 Å². The number of nitrogens with zero attached hydrogens (tertiary/aromatic N) is 1. The van der Waals surface area contributed by atoms with Gasteiger partial charge in [0, 0.05) is 11.3 Å². The Kier molecular flexibility index (Phi) is 5.03. The lowest BCUT2D eigenvalue weighted by Gasteiger charge is -2.28. The predicted octanol–water partition coefficient (Wildman–Crippen LogP) is -0.511. The van der Waals surface area contributed by atoms with Crippen molar-refractivity contribution >= 4 is 17.5 Å². The van der Waals surface area contributed by atoms with Crippen molar-refractivity contribution in [3.05, 3.63) is 28.5 Å². The minimum Gasteiger partial charge on any atom is -0.394 e. The molecule has 0 aliphatic heterocycles. The number of hydrogen-bond donors (Lipinski definition) is 4. The number of nitrogens with one attached hydrogen (secondary N) is 1. The van der Waals surface area contributed by atoms with E-state index in [1.807, 2.05) is 0 Å². The van der Waals surface area contributed by atoms with E-state index in [0.717, 1.165) is 0 Å². The van der Waals surface area contributed by atoms with Gasteiger partial charge >= 0.3 is 0 Å². The molecule has 0 aliphatic carbocycles. The summed E-state index contributed by atoms with van der Waals surface area (Å²) in [4.78, 5) is 15.8. The van der Waals surface area contributed by atoms with Gasteiger partial charge in [0.15, 0.2) is 0 Å². The second kappa shape index (κ2) is 6.10. The molecule has 1 rings (SSSR count). The molecular formula is C11H15ClN2O4. The summed E-state index contributed by atoms with van der Waals surface area (Å²) in [5.74, 6) is -0.556. The normalized spacial score (nSPS) is 11.4. The molecule has 0 aromatic carbocycles. The van der Waals surface area contributed by atoms with Crippen molar-refractivity contribution in [2.75, 3.05) is 19.8 Å². The Hall–Kier alpha value is -1.21. The number of halogens is 1. The number of carbonyl (C=O) groups is 1. The Morgan fingerprint density at radius 3 is 2.33 bits per heavy atom. The van der Waals surface area contributed by atoms with Crippen LogP contribution in [0.15, 0.2) is 12.1 Å². The molecule has 1 heterocycles. The fourth-order valence-electron chi connectivity index (χ4n) is 1.34. The summed E-state index contributed by atoms with van der Waals surface area (Å²) in [7, 11) is 0. The summed E-state index contributed by atoms with van der Waals surface area (Å²) in [5.41, 5.74) is -0.650. The van der Waals surface area contributed by atoms with E-state index in [9.17, 15) is 4.79 Å². The van der Waals surface area contributed by atoms with Crippen molar-refractivity contribution in [1.82, 2.24) is 10.3 Å². The highest BCUT2D eigenvalue weighted by molar-refractivity contribution is 6.29. The lowest BCUT2D eigenvalue weighted by molar-refractivity contribution is 0.0375. The summed E-state index contributed by atoms with van der Waals surface area (Å²) in [5, 5.41) is 29.9. The third kappa shape index (κ3) is 3.39. The largest absolute Gasteiger partial charge is 0.394 e. The van der Waals surface area contributed by atoms with Crippen LogP contribution in [0.1, 0.15) is 16.1 Å². The Morgan fingerprint density at radius 1 is 1.33 bits per heavy atom. The number of carbonyl (C=O) groups excluding carboxylic acids is 1. The molecule has 1 amide bonds. The van der Waals surface area contributed by atoms with E-state index in [1.165, 1.54) is 12.1 Å². The van der Waals surface area contributed by atoms with Gasteiger partial charge in [-0.2, -0.15) is 0 Å². The maximum absolute atomic E-state index is 11.9. The molecule has 0 saturated carbocycles. The highest BCUT2D eigenvalue weighted by atomic mass is 35.5. The molecule has 0 fully saturated rings. The predicted molar refractivity (Wildman–Crippen MR) is 65.4 cm³/mol. The lowest BCUT2D eigenvalue weighted by atomic mass is 10.0. The molecule has 7 heteroatoms. The Bertz CT molecular complexity index is 407. The molecule has 0 radical (unpaired) electrons. The van der Waals surface area contributed by atoms with Crippen molar-refractivity contribution in [3.8, 4) is 0 Å². The van der Waals surface area contributed by atoms with E-state index < -0.39 is 31.3 Å². The Labute approximate surface area is 109 Å². The van der Waals surface area contributed by atoms with Gasteiger partial charge in [-0.15, -0.1) is 0 Å². The summed E-state index contributed by atoms with van der Waals surface area (Å²) in [6.07, 6.45) is 0. The fraction of sp³-hybridized carbons (Fsp3) is 0.455. The van der Waals surface area contributed by atoms with Crippen LogP contribution < -0.4 is 5.32 Å². The van der Waals surface area contributed by atoms with Gasteiger partial charge in [0.05, 0.1) is 19.8 Å². The van der Waals surface area contributed by atoms with Gasteiger partial charge in [0.1, 0.15) is 10.7 Å². The first-order valence-corrected chi connectivity index (χ1v) is 5.63. The summed E-state index contributed by atoms with van der Waals surface area (Å²) < 4.78 is 0. The first kappa shape index (κ1) is 14.8. The maximum atomic E-state index is 11.9. The molecule has 0 atom stereocenters. The van der Waals surface area contributed by atoms with Crippen LogP contribution in [-0.4, -0.2) is 51.6 Å². The Morgan fingerprint density at radius 2 is 1.89 bits per heavy atom. The van der Waals surface area contributed by atoms with E-state index in [0.29, 0.717) is 5.69 Å². The fourth-order valence-corrected chi connectivity index (χ4v) is 1.59. The zero-order valence-corrected chi connectivity index (χ0v) is 10.6. The SMILES string of the molecule is Cc1cc(C(=O)NC(CO)(CO)CO)cc(Cl)n1. The molecule has 1 aromatic heterocycles. The maximum Gasteiger partial charge on any atom is 0.252 e. The van der Waals surface area contributed by atoms with Crippen LogP contribution in [0.4, 0.5) is 0 Å². The third-order valence-electron chi connectivity index (χ3n) is 2.47. The highest BCUT2D eigenvalue weighted by Crippen LogP contribution is 2.12. The van der Waals surface area contributed by atoms with Crippen molar-refractivity contribution in [1.29, 1.82) is 0 Å². The van der Waals surface area contributed by atoms with Gasteiger partial charge in [0.25, 0.3) is 5.91 Å². The van der Waals surface area contributed by atoms with Crippen molar-refractivity contribution in [3.63, 3.8) is 0 Å². The molecule has 0 bridgehead atoms. The quantitative estimate of drug-likeness (QED) is 0.542. The topological polar surface area (TPSA) is 103 Å². The van der Waals surface area contributed by atoms with Crippen LogP contribution in [0.5, 0.6) is 0 Å². The zero-order chi connectivity index (χ0) is 13.8. The van der Waals surface area contributed by atoms with Crippen LogP contribution in [0.25, 0.3) is 0 Å². The first-order valence-electron chi connectivity index (χ1n) is 5.25. The molecule has 0 unspecified atom stereocenters. The van der Waals surface area contributed by atoms with Gasteiger partial charge in [-0.05, 0) is 19.1 Å². The number of pyridine rings is 1. The second-order valence-corrected chi connectivity index (χ2v) is 4.42. The summed E-state index contributed by atoms with van der Waals surface area (Å²) in [6, 6.07) is 2.87. The summed E-state index contributed by atoms with van der Waals surface area (Å²) >= 11 is 5.73. The number of hydrogen-bond acceptors (Lipinski definition) is 5. The number of aliphatic hydroxyl groups is 3. The van der Waals surface area contributed by atoms with Gasteiger partial charge in [-0.3, -0.25) is 4.79 Å². The molecule has 6 nitrogen and oxygen atoms in total. The lowest BCUT2D eigenvalue weighted by Crippen LogP contribution is -2.57. The highest BCUT2D eigenvalue weighted by Gasteiger charge is 2.30. The van der Waals surface area contributed by atoms with Gasteiger partial charge in [0.2, 0.25) is 0 Å². The molecule has 0 aliphatic rings. The smallest absolute Gasteiger partial charge is 0.252 e. The summed E-state index contributed by atoms with van der Waals surface area (Å²) in [6.45, 7) is -0.0589. The van der Waals surface area contributed by atoms with E-state index in [1.54, 1.807) is 6.92 Å². The van der Waals surface area contributed by atoms with Gasteiger partial charge in [-0.25, -0.2) is 4.98 Å². The minimum absolute atomic E-state index is 0.169. The van der Waals surface area contributed by atoms with E-state index in [-0.39, 0.29) is 10.7 Å². The molecule has 1 aromatic rings. The molecular weight excluding hydrogens is 260 g/mol. The number of aliphatic hydroxyl groups excluding tert-OH is 3. The van der Waals surface area contributed by atoms with Crippen LogP contribution in [0.3, 0.4) is 0 Å². The minimum atomic E-state index is -1.46. The molecule has 0 spiro atoms. The second-order valence-electron chi connectivity index (χ2n) is 4.03. The molecule has 100 valence electrons. The molecule has 18 heavy (non-hydrogen) atoms. The monoisotopic (exact) mass is 274 g/mol. The number of rotatable bonds is 5. The van der Waals surface area contributed by atoms with Crippen molar-refractivity contribution in [2.45, 2.75) is 12.5 Å². The average molecular weight is 275 g/mol. The van der Waals surface area contributed by atoms with Gasteiger partial charge in [-0.1, -0.05) is 11.6 Å². The van der Waals surface area contributed by atoms with Crippen LogP contribution in [0, 0.1) is 6.92 Å². The van der Waals surface area contributed by atoms with E-state index in [4.69, 9.17) is 26.9 Å². The van der Waals surface area contributed by atoms with Crippen LogP contribution in [-0.2, 0) is 0 Å². The van der Waals surface area contributed by atoms with Crippen LogP contribution >= 0.6 is 11.6 Å². The van der Waals surface area contributed by atoms with Crippen LogP contribution in [0.2, 0.25) is 5.15 Å². The average Bonchev–Trinajstić information content (AvgIpc) is 2.35. The van der Waals surface area contributed by atoms with E-state index in [2.05, 4.69) is 10.3 Å². The van der Waals surface area contributed by atoms with Crippen molar-refractivity contribution in [2.24, 2.45) is 0 Å². The first-order chi connectivity index (χ1) is 8.46. The third-order valence-corrected chi connectivity index (χ3v) is 2.66. The van der Waals surface area contributed by atoms with Gasteiger partial charge < -0.3 is 20.6 Å². The molecule has 0 saturated heterocycles. The number of aromatic nitrogens is 1. The number of amides is 1. The molecule has 4 N–H and O–H groups in total.